The lowest BCUT2D eigenvalue weighted by Crippen LogP contribution is -2.41. The maximum Gasteiger partial charge on any atom is 0.114 e. The van der Waals surface area contributed by atoms with E-state index < -0.39 is 6.17 Å². The number of likely N-dealkylation sites (N-methyl/N-ethyl adjacent to an activating group) is 1. The molecule has 7 heteroatoms. The van der Waals surface area contributed by atoms with Crippen LogP contribution < -0.4 is 5.32 Å². The van der Waals surface area contributed by atoms with Crippen LogP contribution in [0.4, 0.5) is 4.39 Å². The summed E-state index contributed by atoms with van der Waals surface area (Å²) in [5, 5.41) is 3.42. The van der Waals surface area contributed by atoms with E-state index in [0.717, 1.165) is 44.3 Å². The summed E-state index contributed by atoms with van der Waals surface area (Å²) in [4.78, 5) is 10.4. The molecular formula is C17H30ClFN4S. The second kappa shape index (κ2) is 9.43. The Morgan fingerprint density at radius 3 is 2.79 bits per heavy atom. The van der Waals surface area contributed by atoms with E-state index in [1.807, 2.05) is 12.4 Å². The number of hydrogen-bond donors (Lipinski definition) is 1. The second-order valence-electron chi connectivity index (χ2n) is 7.19. The zero-order chi connectivity index (χ0) is 16.2. The first-order valence-corrected chi connectivity index (χ1v) is 9.66. The smallest absolute Gasteiger partial charge is 0.114 e. The number of piperidine rings is 1. The fourth-order valence-corrected chi connectivity index (χ4v) is 4.71. The summed E-state index contributed by atoms with van der Waals surface area (Å²) in [5.74, 6) is 0.793. The zero-order valence-electron chi connectivity index (χ0n) is 14.7. The minimum absolute atomic E-state index is 0. The lowest BCUT2D eigenvalue weighted by Gasteiger charge is -2.31. The fourth-order valence-electron chi connectivity index (χ4n) is 3.91. The van der Waals surface area contributed by atoms with Crippen molar-refractivity contribution >= 4 is 23.7 Å². The molecule has 1 aromatic heterocycles. The third-order valence-corrected chi connectivity index (χ3v) is 6.14. The maximum absolute atomic E-state index is 14.0. The first-order chi connectivity index (χ1) is 11.1. The molecule has 2 saturated heterocycles. The van der Waals surface area contributed by atoms with Gasteiger partial charge in [0, 0.05) is 37.1 Å². The number of aryl methyl sites for hydroxylation is 1. The molecule has 3 rings (SSSR count). The van der Waals surface area contributed by atoms with E-state index in [4.69, 9.17) is 0 Å². The summed E-state index contributed by atoms with van der Waals surface area (Å²) in [6, 6.07) is 0.332. The number of alkyl halides is 1. The number of nitrogens with zero attached hydrogens (tertiary/aromatic N) is 3. The van der Waals surface area contributed by atoms with E-state index in [2.05, 4.69) is 27.1 Å². The number of hydrogen-bond acceptors (Lipinski definition) is 5. The van der Waals surface area contributed by atoms with Crippen molar-refractivity contribution in [1.82, 2.24) is 20.1 Å². The van der Waals surface area contributed by atoms with Gasteiger partial charge in [0.15, 0.2) is 0 Å². The average Bonchev–Trinajstić information content (AvgIpc) is 3.07. The normalized spacial score (nSPS) is 26.0. The summed E-state index contributed by atoms with van der Waals surface area (Å²) in [6.45, 7) is 7.88. The molecule has 2 aliphatic heterocycles. The molecule has 2 aliphatic rings. The molecule has 0 bridgehead atoms. The van der Waals surface area contributed by atoms with Gasteiger partial charge in [-0.1, -0.05) is 0 Å². The molecule has 3 heterocycles. The highest BCUT2D eigenvalue weighted by molar-refractivity contribution is 7.09. The van der Waals surface area contributed by atoms with E-state index in [1.165, 1.54) is 17.7 Å². The highest BCUT2D eigenvalue weighted by atomic mass is 35.5. The third-order valence-electron chi connectivity index (χ3n) is 5.22. The van der Waals surface area contributed by atoms with Crippen molar-refractivity contribution < 1.29 is 4.39 Å². The van der Waals surface area contributed by atoms with Gasteiger partial charge >= 0.3 is 0 Å². The largest absolute Gasteiger partial charge is 0.317 e. The van der Waals surface area contributed by atoms with Gasteiger partial charge in [0.2, 0.25) is 0 Å². The lowest BCUT2D eigenvalue weighted by atomic mass is 9.97. The summed E-state index contributed by atoms with van der Waals surface area (Å²) < 4.78 is 14.0. The minimum atomic E-state index is -0.680. The van der Waals surface area contributed by atoms with Gasteiger partial charge in [0.1, 0.15) is 6.17 Å². The van der Waals surface area contributed by atoms with Crippen molar-refractivity contribution in [2.45, 2.75) is 44.9 Å². The molecule has 4 nitrogen and oxygen atoms in total. The van der Waals surface area contributed by atoms with Crippen LogP contribution >= 0.6 is 23.7 Å². The topological polar surface area (TPSA) is 31.4 Å². The van der Waals surface area contributed by atoms with Crippen molar-refractivity contribution in [2.24, 2.45) is 5.92 Å². The van der Waals surface area contributed by atoms with Gasteiger partial charge < -0.3 is 10.2 Å². The number of rotatable bonds is 6. The van der Waals surface area contributed by atoms with E-state index in [-0.39, 0.29) is 12.4 Å². The van der Waals surface area contributed by atoms with Crippen LogP contribution in [0.2, 0.25) is 0 Å². The van der Waals surface area contributed by atoms with E-state index in [9.17, 15) is 4.39 Å². The van der Waals surface area contributed by atoms with Gasteiger partial charge in [0.25, 0.3) is 0 Å². The van der Waals surface area contributed by atoms with Gasteiger partial charge in [-0.3, -0.25) is 4.90 Å². The molecule has 1 N–H and O–H groups in total. The first kappa shape index (κ1) is 20.0. The summed E-state index contributed by atoms with van der Waals surface area (Å²) >= 11 is 1.69. The van der Waals surface area contributed by atoms with Gasteiger partial charge in [-0.2, -0.15) is 0 Å². The molecule has 0 unspecified atom stereocenters. The predicted octanol–water partition coefficient (Wildman–Crippen LogP) is 2.72. The van der Waals surface area contributed by atoms with Crippen molar-refractivity contribution in [2.75, 3.05) is 39.8 Å². The zero-order valence-corrected chi connectivity index (χ0v) is 16.3. The molecule has 0 aliphatic carbocycles. The third kappa shape index (κ3) is 5.36. The number of likely N-dealkylation sites (tertiary alicyclic amines) is 1. The SMILES string of the molecule is Cc1ncsc1CN1C[C@@H](F)C[C@H]1CN(C)CC1CCNCC1.Cl. The van der Waals surface area contributed by atoms with E-state index in [0.29, 0.717) is 19.0 Å². The summed E-state index contributed by atoms with van der Waals surface area (Å²) in [7, 11) is 2.20. The van der Waals surface area contributed by atoms with E-state index in [1.54, 1.807) is 11.3 Å². The van der Waals surface area contributed by atoms with Crippen LogP contribution in [-0.2, 0) is 6.54 Å². The van der Waals surface area contributed by atoms with Crippen LogP contribution in [0.3, 0.4) is 0 Å². The van der Waals surface area contributed by atoms with Crippen LogP contribution in [0.25, 0.3) is 0 Å². The lowest BCUT2D eigenvalue weighted by molar-refractivity contribution is 0.164. The van der Waals surface area contributed by atoms with Gasteiger partial charge in [-0.25, -0.2) is 9.37 Å². The molecule has 0 radical (unpaired) electrons. The van der Waals surface area contributed by atoms with Crippen LogP contribution in [0, 0.1) is 12.8 Å². The molecule has 2 fully saturated rings. The predicted molar refractivity (Wildman–Crippen MR) is 101 cm³/mol. The highest BCUT2D eigenvalue weighted by Gasteiger charge is 2.33. The molecule has 24 heavy (non-hydrogen) atoms. The van der Waals surface area contributed by atoms with Crippen molar-refractivity contribution in [3.63, 3.8) is 0 Å². The Labute approximate surface area is 155 Å². The Morgan fingerprint density at radius 1 is 1.38 bits per heavy atom. The monoisotopic (exact) mass is 376 g/mol. The number of halogens is 2. The fraction of sp³-hybridized carbons (Fsp3) is 0.824. The Bertz CT molecular complexity index is 495. The van der Waals surface area contributed by atoms with Gasteiger partial charge in [-0.05, 0) is 52.2 Å². The van der Waals surface area contributed by atoms with Crippen LogP contribution in [0.15, 0.2) is 5.51 Å². The van der Waals surface area contributed by atoms with Crippen molar-refractivity contribution in [1.29, 1.82) is 0 Å². The number of nitrogens with one attached hydrogen (secondary N) is 1. The molecule has 1 aromatic rings. The second-order valence-corrected chi connectivity index (χ2v) is 8.13. The molecule has 0 spiro atoms. The Balaban J connectivity index is 0.00000208. The number of aromatic nitrogens is 1. The van der Waals surface area contributed by atoms with Gasteiger partial charge in [0.05, 0.1) is 11.2 Å². The van der Waals surface area contributed by atoms with E-state index >= 15 is 0 Å². The Kier molecular flexibility index (Phi) is 7.88. The summed E-state index contributed by atoms with van der Waals surface area (Å²) in [5.41, 5.74) is 2.99. The molecule has 2 atom stereocenters. The van der Waals surface area contributed by atoms with Crippen LogP contribution in [0.1, 0.15) is 29.8 Å². The maximum atomic E-state index is 14.0. The summed E-state index contributed by atoms with van der Waals surface area (Å²) in [6.07, 6.45) is 2.53. The standard InChI is InChI=1S/C17H29FN4S.ClH/c1-13-17(23-12-20-13)11-22-9-15(18)7-16(22)10-21(2)8-14-3-5-19-6-4-14;/h12,14-16,19H,3-11H2,1-2H3;1H/t15-,16-;/m0./s1. The van der Waals surface area contributed by atoms with Crippen molar-refractivity contribution in [3.05, 3.63) is 16.1 Å². The van der Waals surface area contributed by atoms with Crippen LogP contribution in [0.5, 0.6) is 0 Å². The minimum Gasteiger partial charge on any atom is -0.317 e. The first-order valence-electron chi connectivity index (χ1n) is 8.78. The Morgan fingerprint density at radius 2 is 2.12 bits per heavy atom. The van der Waals surface area contributed by atoms with Gasteiger partial charge in [-0.15, -0.1) is 23.7 Å². The molecule has 0 aromatic carbocycles. The van der Waals surface area contributed by atoms with Crippen LogP contribution in [-0.4, -0.2) is 66.8 Å². The quantitative estimate of drug-likeness (QED) is 0.827. The molecule has 0 saturated carbocycles. The Hall–Kier alpha value is -0.270. The molecule has 0 amide bonds. The molecule has 138 valence electrons. The van der Waals surface area contributed by atoms with Crippen molar-refractivity contribution in [3.8, 4) is 0 Å². The highest BCUT2D eigenvalue weighted by Crippen LogP contribution is 2.26. The molecular weight excluding hydrogens is 347 g/mol. The number of thiazole rings is 1. The average molecular weight is 377 g/mol.